The van der Waals surface area contributed by atoms with E-state index in [2.05, 4.69) is 20.9 Å². The molecule has 0 amide bonds. The number of carbonyl (C=O) groups excluding carboxylic acids is 1. The fraction of sp³-hybridized carbons (Fsp3) is 0.0526. The van der Waals surface area contributed by atoms with E-state index >= 15 is 0 Å². The smallest absolute Gasteiger partial charge is 0.363 e. The zero-order chi connectivity index (χ0) is 16.9. The Bertz CT molecular complexity index is 851. The van der Waals surface area contributed by atoms with Crippen LogP contribution in [0.2, 0.25) is 0 Å². The summed E-state index contributed by atoms with van der Waals surface area (Å²) in [7, 11) is 1.61. The summed E-state index contributed by atoms with van der Waals surface area (Å²) in [6.45, 7) is 0. The van der Waals surface area contributed by atoms with E-state index in [1.54, 1.807) is 25.3 Å². The molecule has 0 bridgehead atoms. The Labute approximate surface area is 148 Å². The SMILES string of the molecule is COc1ccccc1/C=C/C1=NC(=C\c2ccc(Br)cc2)/C(=O)O1. The number of esters is 1. The number of hydrogen-bond acceptors (Lipinski definition) is 4. The molecule has 4 nitrogen and oxygen atoms in total. The van der Waals surface area contributed by atoms with Crippen LogP contribution in [0.3, 0.4) is 0 Å². The topological polar surface area (TPSA) is 47.9 Å². The fourth-order valence-corrected chi connectivity index (χ4v) is 2.44. The van der Waals surface area contributed by atoms with E-state index < -0.39 is 5.97 Å². The quantitative estimate of drug-likeness (QED) is 0.578. The molecule has 0 N–H and O–H groups in total. The molecule has 2 aromatic rings. The van der Waals surface area contributed by atoms with Crippen molar-refractivity contribution in [2.24, 2.45) is 4.99 Å². The summed E-state index contributed by atoms with van der Waals surface area (Å²) in [5.74, 6) is 0.538. The molecule has 0 aliphatic carbocycles. The molecular weight excluding hydrogens is 370 g/mol. The molecule has 0 saturated heterocycles. The number of aliphatic imine (C=N–C) groups is 1. The van der Waals surface area contributed by atoms with E-state index in [-0.39, 0.29) is 11.6 Å². The van der Waals surface area contributed by atoms with Gasteiger partial charge in [-0.15, -0.1) is 0 Å². The van der Waals surface area contributed by atoms with Crippen molar-refractivity contribution in [1.29, 1.82) is 0 Å². The first-order valence-electron chi connectivity index (χ1n) is 7.25. The Morgan fingerprint density at radius 2 is 1.83 bits per heavy atom. The van der Waals surface area contributed by atoms with Crippen LogP contribution in [0.4, 0.5) is 0 Å². The predicted molar refractivity (Wildman–Crippen MR) is 97.7 cm³/mol. The van der Waals surface area contributed by atoms with Gasteiger partial charge in [-0.25, -0.2) is 9.79 Å². The average molecular weight is 384 g/mol. The number of benzene rings is 2. The maximum atomic E-state index is 11.9. The zero-order valence-electron chi connectivity index (χ0n) is 12.9. The molecule has 0 saturated carbocycles. The maximum Gasteiger partial charge on any atom is 0.363 e. The van der Waals surface area contributed by atoms with Crippen LogP contribution in [0.25, 0.3) is 12.2 Å². The maximum absolute atomic E-state index is 11.9. The zero-order valence-corrected chi connectivity index (χ0v) is 14.5. The number of para-hydroxylation sites is 1. The summed E-state index contributed by atoms with van der Waals surface area (Å²) >= 11 is 3.37. The summed E-state index contributed by atoms with van der Waals surface area (Å²) in [6, 6.07) is 15.2. The van der Waals surface area contributed by atoms with Crippen LogP contribution >= 0.6 is 15.9 Å². The van der Waals surface area contributed by atoms with Crippen LogP contribution in [-0.2, 0) is 9.53 Å². The van der Waals surface area contributed by atoms with Crippen molar-refractivity contribution in [2.75, 3.05) is 7.11 Å². The number of rotatable bonds is 4. The number of halogens is 1. The second-order valence-electron chi connectivity index (χ2n) is 5.00. The van der Waals surface area contributed by atoms with Gasteiger partial charge in [-0.3, -0.25) is 0 Å². The monoisotopic (exact) mass is 383 g/mol. The molecule has 1 heterocycles. The Kier molecular flexibility index (Phi) is 4.91. The molecule has 0 aromatic heterocycles. The molecule has 0 radical (unpaired) electrons. The predicted octanol–water partition coefficient (Wildman–Crippen LogP) is 4.47. The molecular formula is C19H14BrNO3. The van der Waals surface area contributed by atoms with Crippen LogP contribution in [0.5, 0.6) is 5.75 Å². The van der Waals surface area contributed by atoms with Crippen molar-refractivity contribution >= 4 is 39.9 Å². The van der Waals surface area contributed by atoms with Gasteiger partial charge < -0.3 is 9.47 Å². The lowest BCUT2D eigenvalue weighted by atomic mass is 10.2. The summed E-state index contributed by atoms with van der Waals surface area (Å²) < 4.78 is 11.4. The van der Waals surface area contributed by atoms with Crippen LogP contribution in [0.15, 0.2) is 69.8 Å². The van der Waals surface area contributed by atoms with E-state index in [0.717, 1.165) is 21.3 Å². The van der Waals surface area contributed by atoms with Crippen LogP contribution < -0.4 is 4.74 Å². The van der Waals surface area contributed by atoms with E-state index in [9.17, 15) is 4.79 Å². The first-order chi connectivity index (χ1) is 11.7. The Morgan fingerprint density at radius 1 is 1.08 bits per heavy atom. The highest BCUT2D eigenvalue weighted by molar-refractivity contribution is 9.10. The summed E-state index contributed by atoms with van der Waals surface area (Å²) in [4.78, 5) is 16.1. The fourth-order valence-electron chi connectivity index (χ4n) is 2.18. The number of hydrogen-bond donors (Lipinski definition) is 0. The molecule has 2 aromatic carbocycles. The molecule has 5 heteroatoms. The van der Waals surface area contributed by atoms with E-state index in [4.69, 9.17) is 9.47 Å². The Balaban J connectivity index is 1.81. The molecule has 0 fully saturated rings. The second kappa shape index (κ2) is 7.27. The molecule has 0 atom stereocenters. The first-order valence-corrected chi connectivity index (χ1v) is 8.04. The van der Waals surface area contributed by atoms with Gasteiger partial charge in [0.15, 0.2) is 5.70 Å². The van der Waals surface area contributed by atoms with Crippen LogP contribution in [0.1, 0.15) is 11.1 Å². The van der Waals surface area contributed by atoms with Gasteiger partial charge in [-0.2, -0.15) is 0 Å². The minimum Gasteiger partial charge on any atom is -0.496 e. The summed E-state index contributed by atoms with van der Waals surface area (Å²) in [6.07, 6.45) is 5.14. The highest BCUT2D eigenvalue weighted by Gasteiger charge is 2.21. The standard InChI is InChI=1S/C19H14BrNO3/c1-23-17-5-3-2-4-14(17)8-11-18-21-16(19(22)24-18)12-13-6-9-15(20)10-7-13/h2-12H,1H3/b11-8+,16-12-. The molecule has 3 rings (SSSR count). The molecule has 0 unspecified atom stereocenters. The lowest BCUT2D eigenvalue weighted by Crippen LogP contribution is -2.01. The molecule has 1 aliphatic rings. The number of carbonyl (C=O) groups is 1. The largest absolute Gasteiger partial charge is 0.496 e. The van der Waals surface area contributed by atoms with Crippen molar-refractivity contribution in [2.45, 2.75) is 0 Å². The Morgan fingerprint density at radius 3 is 2.58 bits per heavy atom. The van der Waals surface area contributed by atoms with Gasteiger partial charge >= 0.3 is 5.97 Å². The third-order valence-corrected chi connectivity index (χ3v) is 3.88. The normalized spacial score (nSPS) is 15.7. The van der Waals surface area contributed by atoms with Crippen molar-refractivity contribution < 1.29 is 14.3 Å². The number of methoxy groups -OCH3 is 1. The van der Waals surface area contributed by atoms with Gasteiger partial charge in [0.05, 0.1) is 7.11 Å². The third kappa shape index (κ3) is 3.81. The lowest BCUT2D eigenvalue weighted by molar-refractivity contribution is -0.129. The number of ether oxygens (including phenoxy) is 2. The van der Waals surface area contributed by atoms with Crippen molar-refractivity contribution in [3.8, 4) is 5.75 Å². The van der Waals surface area contributed by atoms with Gasteiger partial charge in [-0.05, 0) is 35.9 Å². The van der Waals surface area contributed by atoms with Crippen molar-refractivity contribution in [3.05, 3.63) is 75.9 Å². The van der Waals surface area contributed by atoms with Crippen molar-refractivity contribution in [1.82, 2.24) is 0 Å². The third-order valence-electron chi connectivity index (χ3n) is 3.35. The van der Waals surface area contributed by atoms with E-state index in [1.165, 1.54) is 0 Å². The van der Waals surface area contributed by atoms with Gasteiger partial charge in [0, 0.05) is 16.1 Å². The van der Waals surface area contributed by atoms with Crippen molar-refractivity contribution in [3.63, 3.8) is 0 Å². The van der Waals surface area contributed by atoms with E-state index in [0.29, 0.717) is 0 Å². The van der Waals surface area contributed by atoms with Gasteiger partial charge in [0.2, 0.25) is 5.90 Å². The van der Waals surface area contributed by atoms with Crippen LogP contribution in [-0.4, -0.2) is 19.0 Å². The van der Waals surface area contributed by atoms with Crippen LogP contribution in [0, 0.1) is 0 Å². The molecule has 0 spiro atoms. The number of nitrogens with zero attached hydrogens (tertiary/aromatic N) is 1. The molecule has 1 aliphatic heterocycles. The summed E-state index contributed by atoms with van der Waals surface area (Å²) in [5, 5.41) is 0. The minimum atomic E-state index is -0.461. The van der Waals surface area contributed by atoms with Gasteiger partial charge in [-0.1, -0.05) is 46.3 Å². The highest BCUT2D eigenvalue weighted by atomic mass is 79.9. The average Bonchev–Trinajstić information content (AvgIpc) is 2.95. The molecule has 120 valence electrons. The highest BCUT2D eigenvalue weighted by Crippen LogP contribution is 2.21. The molecule has 24 heavy (non-hydrogen) atoms. The van der Waals surface area contributed by atoms with Gasteiger partial charge in [0.25, 0.3) is 0 Å². The van der Waals surface area contributed by atoms with Gasteiger partial charge in [0.1, 0.15) is 5.75 Å². The second-order valence-corrected chi connectivity index (χ2v) is 5.91. The number of cyclic esters (lactones) is 1. The summed E-state index contributed by atoms with van der Waals surface area (Å²) in [5.41, 5.74) is 2.03. The lowest BCUT2D eigenvalue weighted by Gasteiger charge is -2.02. The van der Waals surface area contributed by atoms with E-state index in [1.807, 2.05) is 48.5 Å². The first kappa shape index (κ1) is 16.2. The Hall–Kier alpha value is -2.66. The minimum absolute atomic E-state index is 0.259.